The van der Waals surface area contributed by atoms with Crippen LogP contribution in [0.5, 0.6) is 0 Å². The maximum absolute atomic E-state index is 11.6. The van der Waals surface area contributed by atoms with Crippen LogP contribution in [-0.2, 0) is 28.5 Å². The van der Waals surface area contributed by atoms with Crippen LogP contribution in [0.15, 0.2) is 28.1 Å². The van der Waals surface area contributed by atoms with E-state index in [1.165, 1.54) is 47.0 Å². The molecule has 0 atom stereocenters. The average molecular weight is 465 g/mol. The van der Waals surface area contributed by atoms with E-state index >= 15 is 0 Å². The van der Waals surface area contributed by atoms with Crippen LogP contribution in [0.4, 0.5) is 0 Å². The third-order valence-electron chi connectivity index (χ3n) is 3.38. The van der Waals surface area contributed by atoms with E-state index in [-0.39, 0.29) is 0 Å². The Morgan fingerprint density at radius 1 is 0.643 bits per heavy atom. The first-order valence-corrected chi connectivity index (χ1v) is 12.2. The van der Waals surface area contributed by atoms with Gasteiger partial charge in [-0.1, -0.05) is 47.0 Å². The van der Waals surface area contributed by atoms with Crippen LogP contribution in [0.3, 0.4) is 0 Å². The van der Waals surface area contributed by atoms with E-state index in [1.54, 1.807) is 0 Å². The summed E-state index contributed by atoms with van der Waals surface area (Å²) in [5, 5.41) is 0. The second-order valence-electron chi connectivity index (χ2n) is 5.16. The van der Waals surface area contributed by atoms with Crippen molar-refractivity contribution >= 4 is 59.6 Å². The van der Waals surface area contributed by atoms with Gasteiger partial charge in [0, 0.05) is 26.4 Å². The molecule has 6 nitrogen and oxygen atoms in total. The minimum Gasteiger partial charge on any atom is -0.348 e. The van der Waals surface area contributed by atoms with Crippen LogP contribution in [0.1, 0.15) is 27.7 Å². The van der Waals surface area contributed by atoms with Gasteiger partial charge >= 0.3 is 0 Å². The van der Waals surface area contributed by atoms with Crippen LogP contribution in [0.2, 0.25) is 0 Å². The minimum atomic E-state index is -0.570. The summed E-state index contributed by atoms with van der Waals surface area (Å²) in [5.74, 6) is 0. The van der Waals surface area contributed by atoms with Crippen molar-refractivity contribution in [3.05, 3.63) is 28.1 Å². The summed E-state index contributed by atoms with van der Waals surface area (Å²) in [5.41, 5.74) is 0. The number of hydrogen-bond acceptors (Lipinski definition) is 10. The van der Waals surface area contributed by atoms with E-state index < -0.39 is 12.6 Å². The van der Waals surface area contributed by atoms with Crippen molar-refractivity contribution in [2.75, 3.05) is 26.4 Å². The number of carbonyl (C=O) groups is 2. The SMILES string of the molecule is CCOC(OCC)C1=C(C=O)S/C(=C2\SC(C=O)=C(C(OCC)OCC)S2)S1. The summed E-state index contributed by atoms with van der Waals surface area (Å²) in [6.07, 6.45) is 0.516. The number of hydrogen-bond donors (Lipinski definition) is 0. The Bertz CT molecular complexity index is 605. The van der Waals surface area contributed by atoms with E-state index in [0.29, 0.717) is 36.2 Å². The molecule has 0 unspecified atom stereocenters. The normalized spacial score (nSPS) is 20.2. The number of aldehydes is 2. The van der Waals surface area contributed by atoms with Gasteiger partial charge in [0.15, 0.2) is 25.2 Å². The van der Waals surface area contributed by atoms with Gasteiger partial charge in [0.25, 0.3) is 0 Å². The zero-order valence-corrected chi connectivity index (χ0v) is 19.5. The van der Waals surface area contributed by atoms with E-state index in [9.17, 15) is 9.59 Å². The third kappa shape index (κ3) is 5.91. The Labute approximate surface area is 182 Å². The van der Waals surface area contributed by atoms with Gasteiger partial charge in [-0.25, -0.2) is 0 Å². The molecule has 10 heteroatoms. The van der Waals surface area contributed by atoms with E-state index in [0.717, 1.165) is 30.9 Å². The Morgan fingerprint density at radius 3 is 1.21 bits per heavy atom. The average Bonchev–Trinajstić information content (AvgIpc) is 3.31. The molecule has 0 fully saturated rings. The minimum absolute atomic E-state index is 0.478. The van der Waals surface area contributed by atoms with Crippen molar-refractivity contribution in [2.45, 2.75) is 40.3 Å². The Kier molecular flexibility index (Phi) is 10.7. The fourth-order valence-corrected chi connectivity index (χ4v) is 7.60. The quantitative estimate of drug-likeness (QED) is 0.300. The predicted octanol–water partition coefficient (Wildman–Crippen LogP) is 4.69. The van der Waals surface area contributed by atoms with E-state index in [1.807, 2.05) is 27.7 Å². The van der Waals surface area contributed by atoms with Crippen molar-refractivity contribution in [1.29, 1.82) is 0 Å². The highest BCUT2D eigenvalue weighted by molar-refractivity contribution is 8.34. The van der Waals surface area contributed by atoms with Crippen molar-refractivity contribution in [1.82, 2.24) is 0 Å². The van der Waals surface area contributed by atoms with Gasteiger partial charge in [0.2, 0.25) is 0 Å². The molecule has 0 aromatic heterocycles. The van der Waals surface area contributed by atoms with Gasteiger partial charge in [-0.15, -0.1) is 0 Å². The molecule has 156 valence electrons. The molecule has 0 bridgehead atoms. The van der Waals surface area contributed by atoms with Gasteiger partial charge in [-0.2, -0.15) is 0 Å². The molecule has 2 rings (SSSR count). The molecular weight excluding hydrogens is 440 g/mol. The van der Waals surface area contributed by atoms with Crippen molar-refractivity contribution in [3.63, 3.8) is 0 Å². The first kappa shape index (κ1) is 24.1. The van der Waals surface area contributed by atoms with Crippen molar-refractivity contribution in [2.24, 2.45) is 0 Å². The molecule has 0 N–H and O–H groups in total. The molecule has 0 aromatic carbocycles. The maximum atomic E-state index is 11.6. The Balaban J connectivity index is 2.24. The summed E-state index contributed by atoms with van der Waals surface area (Å²) >= 11 is 5.67. The van der Waals surface area contributed by atoms with Crippen molar-refractivity contribution in [3.8, 4) is 0 Å². The molecule has 28 heavy (non-hydrogen) atoms. The van der Waals surface area contributed by atoms with Crippen molar-refractivity contribution < 1.29 is 28.5 Å². The first-order valence-electron chi connectivity index (χ1n) is 8.94. The zero-order valence-electron chi connectivity index (χ0n) is 16.2. The second-order valence-corrected chi connectivity index (χ2v) is 9.89. The third-order valence-corrected chi connectivity index (χ3v) is 9.05. The number of ether oxygens (including phenoxy) is 4. The summed E-state index contributed by atoms with van der Waals surface area (Å²) in [6.45, 7) is 9.45. The number of carbonyl (C=O) groups excluding carboxylic acids is 2. The molecule has 0 aliphatic carbocycles. The highest BCUT2D eigenvalue weighted by atomic mass is 32.2. The van der Waals surface area contributed by atoms with Gasteiger partial charge in [-0.3, -0.25) is 9.59 Å². The van der Waals surface area contributed by atoms with Crippen LogP contribution in [0, 0.1) is 0 Å². The fraction of sp³-hybridized carbons (Fsp3) is 0.556. The summed E-state index contributed by atoms with van der Waals surface area (Å²) in [7, 11) is 0. The smallest absolute Gasteiger partial charge is 0.191 e. The van der Waals surface area contributed by atoms with Crippen LogP contribution >= 0.6 is 47.0 Å². The van der Waals surface area contributed by atoms with Gasteiger partial charge in [0.05, 0.1) is 28.1 Å². The van der Waals surface area contributed by atoms with Crippen LogP contribution in [-0.4, -0.2) is 51.6 Å². The summed E-state index contributed by atoms with van der Waals surface area (Å²) in [4.78, 5) is 25.9. The largest absolute Gasteiger partial charge is 0.348 e. The molecule has 0 aromatic rings. The van der Waals surface area contributed by atoms with Gasteiger partial charge in [-0.05, 0) is 27.7 Å². The topological polar surface area (TPSA) is 71.1 Å². The first-order chi connectivity index (χ1) is 13.6. The van der Waals surface area contributed by atoms with Crippen LogP contribution in [0.25, 0.3) is 0 Å². The Morgan fingerprint density at radius 2 is 0.964 bits per heavy atom. The predicted molar refractivity (Wildman–Crippen MR) is 118 cm³/mol. The lowest BCUT2D eigenvalue weighted by molar-refractivity contribution is -0.109. The van der Waals surface area contributed by atoms with E-state index in [2.05, 4.69) is 0 Å². The van der Waals surface area contributed by atoms with Gasteiger partial charge < -0.3 is 18.9 Å². The number of allylic oxidation sites excluding steroid dienone is 2. The summed E-state index contributed by atoms with van der Waals surface area (Å²) < 4.78 is 24.5. The number of rotatable bonds is 12. The second kappa shape index (κ2) is 12.5. The zero-order chi connectivity index (χ0) is 20.5. The molecule has 2 aliphatic rings. The summed E-state index contributed by atoms with van der Waals surface area (Å²) in [6, 6.07) is 0. The molecule has 0 amide bonds. The lowest BCUT2D eigenvalue weighted by Crippen LogP contribution is -2.19. The molecule has 2 aliphatic heterocycles. The fourth-order valence-electron chi connectivity index (χ4n) is 2.31. The molecular formula is C18H24O6S4. The lowest BCUT2D eigenvalue weighted by atomic mass is 10.5. The molecule has 2 heterocycles. The highest BCUT2D eigenvalue weighted by Gasteiger charge is 2.35. The molecule has 0 radical (unpaired) electrons. The molecule has 0 saturated carbocycles. The lowest BCUT2D eigenvalue weighted by Gasteiger charge is -2.18. The molecule has 0 saturated heterocycles. The maximum Gasteiger partial charge on any atom is 0.191 e. The van der Waals surface area contributed by atoms with Gasteiger partial charge in [0.1, 0.15) is 0 Å². The number of thioether (sulfide) groups is 4. The van der Waals surface area contributed by atoms with Crippen LogP contribution < -0.4 is 0 Å². The van der Waals surface area contributed by atoms with E-state index in [4.69, 9.17) is 18.9 Å². The monoisotopic (exact) mass is 464 g/mol. The standard InChI is InChI=1S/C18H24O6S4/c1-5-21-15(22-6-2)13-11(9-19)25-17(27-13)18-26-12(10-20)14(28-18)16(23-7-3)24-8-4/h9-10,15-16H,5-8H2,1-4H3/b18-17-. The Hall–Kier alpha value is -0.200. The molecule has 0 spiro atoms. The highest BCUT2D eigenvalue weighted by Crippen LogP contribution is 2.60.